The summed E-state index contributed by atoms with van der Waals surface area (Å²) in [6.45, 7) is 2.72. The molecule has 0 aliphatic rings. The molecular weight excluding hydrogens is 462 g/mol. The molecule has 0 aliphatic carbocycles. The van der Waals surface area contributed by atoms with Crippen molar-refractivity contribution in [1.29, 1.82) is 0 Å². The summed E-state index contributed by atoms with van der Waals surface area (Å²) in [6, 6.07) is 19.0. The fraction of sp³-hybridized carbons (Fsp3) is 0.103. The van der Waals surface area contributed by atoms with Crippen molar-refractivity contribution in [2.75, 3.05) is 10.6 Å². The molecule has 0 saturated heterocycles. The zero-order valence-corrected chi connectivity index (χ0v) is 20.7. The summed E-state index contributed by atoms with van der Waals surface area (Å²) in [5.41, 5.74) is 5.89. The van der Waals surface area contributed by atoms with Crippen LogP contribution in [0.5, 0.6) is 0 Å². The third-order valence-electron chi connectivity index (χ3n) is 5.92. The lowest BCUT2D eigenvalue weighted by Crippen LogP contribution is -2.39. The second-order valence-electron chi connectivity index (χ2n) is 8.75. The average Bonchev–Trinajstić information content (AvgIpc) is 2.93. The number of hydrogen-bond acceptors (Lipinski definition) is 5. The smallest absolute Gasteiger partial charge is 0.255 e. The fourth-order valence-corrected chi connectivity index (χ4v) is 3.81. The second kappa shape index (κ2) is 10.7. The standard InChI is InChI=1S/C29H26N7O/c1-21-5-10-25(18-27(21)34-29-31-13-11-26(33-29)24-4-3-12-30-19-24)32-28(37)23-8-6-22(7-9-23)20-36-16-14-35(2)15-17-36/h3-19H,20H2,1-2H3,(H-,31,32,33,34,37)/q+1/p+1. The van der Waals surface area contributed by atoms with Crippen LogP contribution >= 0.6 is 0 Å². The molecular formula is C29H27N7O+2. The molecule has 0 bridgehead atoms. The van der Waals surface area contributed by atoms with Crippen molar-refractivity contribution in [1.82, 2.24) is 15.0 Å². The summed E-state index contributed by atoms with van der Waals surface area (Å²) >= 11 is 0. The molecule has 0 radical (unpaired) electrons. The van der Waals surface area contributed by atoms with E-state index in [0.29, 0.717) is 17.2 Å². The molecule has 5 rings (SSSR count). The van der Waals surface area contributed by atoms with Crippen LogP contribution in [0.4, 0.5) is 17.3 Å². The van der Waals surface area contributed by atoms with E-state index in [1.165, 1.54) is 0 Å². The molecule has 0 spiro atoms. The first kappa shape index (κ1) is 23.7. The molecule has 3 heterocycles. The number of rotatable bonds is 7. The maximum absolute atomic E-state index is 12.9. The van der Waals surface area contributed by atoms with Gasteiger partial charge in [0, 0.05) is 46.7 Å². The summed E-state index contributed by atoms with van der Waals surface area (Å²) in [5, 5.41) is 6.26. The van der Waals surface area contributed by atoms with Gasteiger partial charge in [0.1, 0.15) is 7.05 Å². The van der Waals surface area contributed by atoms with Gasteiger partial charge >= 0.3 is 0 Å². The summed E-state index contributed by atoms with van der Waals surface area (Å²) in [6.07, 6.45) is 13.2. The summed E-state index contributed by atoms with van der Waals surface area (Å²) < 4.78 is 4.08. The molecule has 0 saturated carbocycles. The molecule has 0 aliphatic heterocycles. The van der Waals surface area contributed by atoms with E-state index in [1.807, 2.05) is 104 Å². The van der Waals surface area contributed by atoms with Gasteiger partial charge in [0.2, 0.25) is 30.7 Å². The Balaban J connectivity index is 1.27. The highest BCUT2D eigenvalue weighted by atomic mass is 16.1. The zero-order chi connectivity index (χ0) is 25.6. The zero-order valence-electron chi connectivity index (χ0n) is 20.7. The first-order valence-electron chi connectivity index (χ1n) is 11.9. The largest absolute Gasteiger partial charge is 0.324 e. The van der Waals surface area contributed by atoms with Crippen LogP contribution in [0.25, 0.3) is 11.3 Å². The second-order valence-corrected chi connectivity index (χ2v) is 8.75. The first-order chi connectivity index (χ1) is 18.0. The average molecular weight is 490 g/mol. The van der Waals surface area contributed by atoms with Crippen LogP contribution in [-0.4, -0.2) is 20.9 Å². The van der Waals surface area contributed by atoms with Crippen molar-refractivity contribution >= 4 is 23.2 Å². The van der Waals surface area contributed by atoms with E-state index in [9.17, 15) is 4.79 Å². The Kier molecular flexibility index (Phi) is 6.89. The minimum atomic E-state index is -0.171. The van der Waals surface area contributed by atoms with Gasteiger partial charge in [-0.05, 0) is 55.0 Å². The van der Waals surface area contributed by atoms with Crippen molar-refractivity contribution in [2.45, 2.75) is 13.5 Å². The van der Waals surface area contributed by atoms with Gasteiger partial charge in [-0.1, -0.05) is 18.2 Å². The number of amides is 1. The van der Waals surface area contributed by atoms with Crippen molar-refractivity contribution in [3.63, 3.8) is 0 Å². The fourth-order valence-electron chi connectivity index (χ4n) is 3.81. The molecule has 182 valence electrons. The van der Waals surface area contributed by atoms with Crippen LogP contribution < -0.4 is 19.8 Å². The van der Waals surface area contributed by atoms with Gasteiger partial charge in [-0.15, -0.1) is 0 Å². The minimum Gasteiger partial charge on any atom is -0.324 e. The highest BCUT2D eigenvalue weighted by molar-refractivity contribution is 6.04. The highest BCUT2D eigenvalue weighted by Crippen LogP contribution is 2.24. The lowest BCUT2D eigenvalue weighted by atomic mass is 10.1. The summed E-state index contributed by atoms with van der Waals surface area (Å²) in [4.78, 5) is 26.0. The third kappa shape index (κ3) is 5.99. The topological polar surface area (TPSA) is 87.6 Å². The Morgan fingerprint density at radius 3 is 2.51 bits per heavy atom. The number of aryl methyl sites for hydroxylation is 2. The molecule has 0 unspecified atom stereocenters. The quantitative estimate of drug-likeness (QED) is 0.338. The van der Waals surface area contributed by atoms with Gasteiger partial charge < -0.3 is 10.6 Å². The summed E-state index contributed by atoms with van der Waals surface area (Å²) in [7, 11) is 1.99. The van der Waals surface area contributed by atoms with Crippen LogP contribution in [0.2, 0.25) is 0 Å². The highest BCUT2D eigenvalue weighted by Gasteiger charge is 2.11. The Morgan fingerprint density at radius 2 is 1.76 bits per heavy atom. The number of hydrogen-bond donors (Lipinski definition) is 2. The maximum Gasteiger partial charge on any atom is 0.255 e. The number of carbonyl (C=O) groups excluding carboxylic acids is 1. The lowest BCUT2D eigenvalue weighted by Gasteiger charge is -2.12. The van der Waals surface area contributed by atoms with Gasteiger partial charge in [-0.2, -0.15) is 9.13 Å². The van der Waals surface area contributed by atoms with Crippen LogP contribution in [-0.2, 0) is 13.6 Å². The van der Waals surface area contributed by atoms with Crippen molar-refractivity contribution < 1.29 is 13.9 Å². The van der Waals surface area contributed by atoms with Crippen LogP contribution in [0.15, 0.2) is 104 Å². The molecule has 2 N–H and O–H groups in total. The molecule has 0 fully saturated rings. The number of anilines is 3. The number of nitrogens with zero attached hydrogens (tertiary/aromatic N) is 5. The normalized spacial score (nSPS) is 10.6. The lowest BCUT2D eigenvalue weighted by molar-refractivity contribution is -0.735. The van der Waals surface area contributed by atoms with Crippen LogP contribution in [0.1, 0.15) is 21.5 Å². The van der Waals surface area contributed by atoms with Crippen molar-refractivity contribution in [3.05, 3.63) is 121 Å². The maximum atomic E-state index is 12.9. The molecule has 8 heteroatoms. The van der Waals surface area contributed by atoms with Crippen LogP contribution in [0.3, 0.4) is 0 Å². The first-order valence-corrected chi connectivity index (χ1v) is 11.9. The Morgan fingerprint density at radius 1 is 0.946 bits per heavy atom. The Bertz CT molecular complexity index is 1520. The van der Waals surface area contributed by atoms with Gasteiger partial charge in [0.05, 0.1) is 5.69 Å². The number of aromatic nitrogens is 5. The predicted octanol–water partition coefficient (Wildman–Crippen LogP) is 4.00. The van der Waals surface area contributed by atoms with E-state index >= 15 is 0 Å². The van der Waals surface area contributed by atoms with E-state index < -0.39 is 0 Å². The van der Waals surface area contributed by atoms with E-state index in [0.717, 1.165) is 34.6 Å². The number of benzene rings is 2. The van der Waals surface area contributed by atoms with E-state index in [1.54, 1.807) is 18.6 Å². The van der Waals surface area contributed by atoms with Gasteiger partial charge in [-0.3, -0.25) is 9.78 Å². The number of nitrogens with one attached hydrogen (secondary N) is 2. The SMILES string of the molecule is Cc1ccc(NC(=O)c2ccc(C[n+]3cc[n+](C)cc3)cc2)cc1Nc1nccc(-c2cccnc2)n1. The Hall–Kier alpha value is -4.98. The monoisotopic (exact) mass is 489 g/mol. The van der Waals surface area contributed by atoms with E-state index in [4.69, 9.17) is 0 Å². The minimum absolute atomic E-state index is 0.171. The van der Waals surface area contributed by atoms with Crippen molar-refractivity contribution in [3.8, 4) is 11.3 Å². The number of carbonyl (C=O) groups is 1. The summed E-state index contributed by atoms with van der Waals surface area (Å²) in [5.74, 6) is 0.295. The molecule has 1 amide bonds. The van der Waals surface area contributed by atoms with E-state index in [-0.39, 0.29) is 5.91 Å². The van der Waals surface area contributed by atoms with Gasteiger partial charge in [-0.25, -0.2) is 9.97 Å². The van der Waals surface area contributed by atoms with Crippen molar-refractivity contribution in [2.24, 2.45) is 7.05 Å². The van der Waals surface area contributed by atoms with E-state index in [2.05, 4.69) is 30.2 Å². The number of pyridine rings is 1. The van der Waals surface area contributed by atoms with Gasteiger partial charge in [0.15, 0.2) is 6.54 Å². The third-order valence-corrected chi connectivity index (χ3v) is 5.92. The molecule has 2 aromatic carbocycles. The molecule has 0 atom stereocenters. The molecule has 5 aromatic rings. The molecule has 3 aromatic heterocycles. The van der Waals surface area contributed by atoms with Gasteiger partial charge in [0.25, 0.3) is 5.91 Å². The Labute approximate surface area is 215 Å². The predicted molar refractivity (Wildman–Crippen MR) is 141 cm³/mol. The van der Waals surface area contributed by atoms with Crippen LogP contribution in [0, 0.1) is 6.92 Å². The molecule has 8 nitrogen and oxygen atoms in total. The molecule has 37 heavy (non-hydrogen) atoms.